The van der Waals surface area contributed by atoms with Crippen molar-refractivity contribution in [3.63, 3.8) is 0 Å². The fourth-order valence-corrected chi connectivity index (χ4v) is 4.23. The van der Waals surface area contributed by atoms with Crippen molar-refractivity contribution in [1.82, 2.24) is 16.0 Å². The topological polar surface area (TPSA) is 65.5 Å². The molecule has 3 N–H and O–H groups in total. The van der Waals surface area contributed by atoms with Crippen molar-refractivity contribution in [2.45, 2.75) is 37.5 Å². The van der Waals surface area contributed by atoms with Crippen LogP contribution in [0.1, 0.15) is 47.2 Å². The smallest absolute Gasteiger partial charge is 0.251 e. The lowest BCUT2D eigenvalue weighted by atomic mass is 9.79. The summed E-state index contributed by atoms with van der Waals surface area (Å²) >= 11 is 0. The van der Waals surface area contributed by atoms with Gasteiger partial charge in [0.2, 0.25) is 0 Å². The molecule has 0 radical (unpaired) electrons. The Labute approximate surface area is 201 Å². The minimum atomic E-state index is -0.196. The molecule has 7 heteroatoms. The van der Waals surface area contributed by atoms with E-state index < -0.39 is 0 Å². The van der Waals surface area contributed by atoms with E-state index in [1.807, 2.05) is 36.4 Å². The molecule has 2 aromatic carbocycles. The van der Waals surface area contributed by atoms with Crippen LogP contribution in [0.15, 0.2) is 53.5 Å². The quantitative estimate of drug-likeness (QED) is 0.284. The number of amides is 1. The van der Waals surface area contributed by atoms with Crippen LogP contribution in [0.4, 0.5) is 4.39 Å². The van der Waals surface area contributed by atoms with Gasteiger partial charge in [-0.25, -0.2) is 4.39 Å². The number of halogens is 2. The Morgan fingerprint density at radius 2 is 1.81 bits per heavy atom. The summed E-state index contributed by atoms with van der Waals surface area (Å²) in [4.78, 5) is 16.1. The van der Waals surface area contributed by atoms with E-state index in [1.165, 1.54) is 18.4 Å². The molecule has 0 atom stereocenters. The Hall–Kier alpha value is -2.16. The van der Waals surface area contributed by atoms with Gasteiger partial charge in [-0.2, -0.15) is 0 Å². The fourth-order valence-electron chi connectivity index (χ4n) is 4.23. The number of benzene rings is 2. The molecule has 0 unspecified atom stereocenters. The van der Waals surface area contributed by atoms with Gasteiger partial charge in [0.05, 0.1) is 0 Å². The highest BCUT2D eigenvalue weighted by Crippen LogP contribution is 2.40. The number of aliphatic imine (C=N–C) groups is 1. The molecule has 5 nitrogen and oxygen atoms in total. The molecule has 1 aliphatic rings. The van der Waals surface area contributed by atoms with Gasteiger partial charge in [-0.15, -0.1) is 24.0 Å². The normalized spacial score (nSPS) is 15.1. The second-order valence-electron chi connectivity index (χ2n) is 7.88. The Morgan fingerprint density at radius 1 is 1.10 bits per heavy atom. The van der Waals surface area contributed by atoms with Crippen molar-refractivity contribution >= 4 is 35.8 Å². The molecule has 1 aliphatic carbocycles. The minimum Gasteiger partial charge on any atom is -0.356 e. The number of rotatable bonds is 7. The largest absolute Gasteiger partial charge is 0.356 e. The van der Waals surface area contributed by atoms with Crippen molar-refractivity contribution < 1.29 is 9.18 Å². The van der Waals surface area contributed by atoms with Crippen LogP contribution in [0.5, 0.6) is 0 Å². The van der Waals surface area contributed by atoms with Gasteiger partial charge in [0.1, 0.15) is 5.82 Å². The lowest BCUT2D eigenvalue weighted by Crippen LogP contribution is -2.45. The predicted molar refractivity (Wildman–Crippen MR) is 135 cm³/mol. The summed E-state index contributed by atoms with van der Waals surface area (Å²) in [7, 11) is 3.40. The van der Waals surface area contributed by atoms with E-state index in [9.17, 15) is 9.18 Å². The number of carbonyl (C=O) groups excluding carboxylic acids is 1. The van der Waals surface area contributed by atoms with Gasteiger partial charge < -0.3 is 16.0 Å². The highest BCUT2D eigenvalue weighted by molar-refractivity contribution is 14.0. The molecule has 3 rings (SSSR count). The van der Waals surface area contributed by atoms with Crippen molar-refractivity contribution in [3.05, 3.63) is 71.0 Å². The second kappa shape index (κ2) is 12.0. The lowest BCUT2D eigenvalue weighted by molar-refractivity contribution is 0.0963. The third kappa shape index (κ3) is 6.66. The first-order valence-corrected chi connectivity index (χ1v) is 10.6. The monoisotopic (exact) mass is 538 g/mol. The van der Waals surface area contributed by atoms with Gasteiger partial charge in [-0.3, -0.25) is 9.79 Å². The molecule has 0 saturated heterocycles. The zero-order chi connectivity index (χ0) is 21.4. The van der Waals surface area contributed by atoms with Crippen molar-refractivity contribution in [1.29, 1.82) is 0 Å². The highest BCUT2D eigenvalue weighted by Gasteiger charge is 2.35. The summed E-state index contributed by atoms with van der Waals surface area (Å²) in [6, 6.07) is 14.6. The van der Waals surface area contributed by atoms with Crippen molar-refractivity contribution in [2.24, 2.45) is 4.99 Å². The number of nitrogens with one attached hydrogen (secondary N) is 3. The summed E-state index contributed by atoms with van der Waals surface area (Å²) in [5.74, 6) is 0.480. The molecule has 0 heterocycles. The molecule has 1 saturated carbocycles. The van der Waals surface area contributed by atoms with Crippen molar-refractivity contribution in [2.75, 3.05) is 27.2 Å². The molecular formula is C24H32FIN4O. The van der Waals surface area contributed by atoms with Crippen LogP contribution in [0.3, 0.4) is 0 Å². The number of hydrogen-bond acceptors (Lipinski definition) is 2. The fraction of sp³-hybridized carbons (Fsp3) is 0.417. The molecule has 0 aromatic heterocycles. The van der Waals surface area contributed by atoms with E-state index in [-0.39, 0.29) is 41.1 Å². The Balaban J connectivity index is 0.00000341. The average molecular weight is 538 g/mol. The van der Waals surface area contributed by atoms with Crippen LogP contribution in [-0.2, 0) is 11.8 Å². The molecule has 2 aromatic rings. The molecule has 0 aliphatic heterocycles. The third-order valence-electron chi connectivity index (χ3n) is 5.96. The first-order chi connectivity index (χ1) is 14.6. The first kappa shape index (κ1) is 25.1. The number of nitrogens with zero attached hydrogens (tertiary/aromatic N) is 1. The van der Waals surface area contributed by atoms with Gasteiger partial charge in [-0.05, 0) is 54.7 Å². The SMILES string of the molecule is CN=C(NCCc1cccc(C(=O)NC)c1)NCC1(c2ccc(F)cc2)CCCC1.I. The highest BCUT2D eigenvalue weighted by atomic mass is 127. The molecule has 0 spiro atoms. The van der Waals surface area contributed by atoms with E-state index in [1.54, 1.807) is 26.2 Å². The summed E-state index contributed by atoms with van der Waals surface area (Å²) in [6.07, 6.45) is 5.35. The van der Waals surface area contributed by atoms with Crippen LogP contribution < -0.4 is 16.0 Å². The molecule has 1 amide bonds. The van der Waals surface area contributed by atoms with Gasteiger partial charge in [0, 0.05) is 38.2 Å². The van der Waals surface area contributed by atoms with Gasteiger partial charge in [-0.1, -0.05) is 37.1 Å². The summed E-state index contributed by atoms with van der Waals surface area (Å²) in [5.41, 5.74) is 2.97. The Kier molecular flexibility index (Phi) is 9.74. The van der Waals surface area contributed by atoms with E-state index in [0.29, 0.717) is 12.1 Å². The minimum absolute atomic E-state index is 0. The maximum Gasteiger partial charge on any atom is 0.251 e. The summed E-state index contributed by atoms with van der Waals surface area (Å²) in [6.45, 7) is 1.48. The number of hydrogen-bond donors (Lipinski definition) is 3. The van der Waals surface area contributed by atoms with E-state index in [4.69, 9.17) is 0 Å². The molecule has 0 bridgehead atoms. The maximum absolute atomic E-state index is 13.4. The number of guanidine groups is 1. The maximum atomic E-state index is 13.4. The van der Waals surface area contributed by atoms with Crippen LogP contribution in [0.2, 0.25) is 0 Å². The molecule has 1 fully saturated rings. The second-order valence-corrected chi connectivity index (χ2v) is 7.88. The zero-order valence-electron chi connectivity index (χ0n) is 18.2. The number of carbonyl (C=O) groups is 1. The van der Waals surface area contributed by atoms with Gasteiger partial charge in [0.15, 0.2) is 5.96 Å². The standard InChI is InChI=1S/C24H31FN4O.HI/c1-26-22(30)19-7-5-6-18(16-19)12-15-28-23(27-2)29-17-24(13-3-4-14-24)20-8-10-21(25)11-9-20;/h5-11,16H,3-4,12-15,17H2,1-2H3,(H,26,30)(H2,27,28,29);1H. The van der Waals surface area contributed by atoms with Crippen LogP contribution >= 0.6 is 24.0 Å². The lowest BCUT2D eigenvalue weighted by Gasteiger charge is -2.31. The zero-order valence-corrected chi connectivity index (χ0v) is 20.5. The van der Waals surface area contributed by atoms with Crippen LogP contribution in [-0.4, -0.2) is 39.1 Å². The predicted octanol–water partition coefficient (Wildman–Crippen LogP) is 4.02. The first-order valence-electron chi connectivity index (χ1n) is 10.6. The van der Waals surface area contributed by atoms with E-state index in [2.05, 4.69) is 20.9 Å². The Bertz CT molecular complexity index is 879. The average Bonchev–Trinajstić information content (AvgIpc) is 3.26. The van der Waals surface area contributed by atoms with Crippen LogP contribution in [0.25, 0.3) is 0 Å². The molecule has 168 valence electrons. The third-order valence-corrected chi connectivity index (χ3v) is 5.96. The van der Waals surface area contributed by atoms with E-state index in [0.717, 1.165) is 37.3 Å². The van der Waals surface area contributed by atoms with Gasteiger partial charge >= 0.3 is 0 Å². The molecular weight excluding hydrogens is 506 g/mol. The van der Waals surface area contributed by atoms with Crippen LogP contribution in [0, 0.1) is 5.82 Å². The van der Waals surface area contributed by atoms with E-state index >= 15 is 0 Å². The van der Waals surface area contributed by atoms with Gasteiger partial charge in [0.25, 0.3) is 5.91 Å². The van der Waals surface area contributed by atoms with Crippen molar-refractivity contribution in [3.8, 4) is 0 Å². The Morgan fingerprint density at radius 3 is 2.45 bits per heavy atom. The molecule has 31 heavy (non-hydrogen) atoms. The summed E-state index contributed by atoms with van der Waals surface area (Å²) < 4.78 is 13.4. The summed E-state index contributed by atoms with van der Waals surface area (Å²) in [5, 5.41) is 9.48.